The van der Waals surface area contributed by atoms with Gasteiger partial charge in [-0.1, -0.05) is 0 Å². The number of pyridine rings is 1. The molecule has 0 saturated carbocycles. The predicted molar refractivity (Wildman–Crippen MR) is 60.6 cm³/mol. The number of nitrogens with zero attached hydrogens (tertiary/aromatic N) is 1. The molecule has 2 heterocycles. The lowest BCUT2D eigenvalue weighted by Crippen LogP contribution is -2.22. The molecule has 0 unspecified atom stereocenters. The maximum atomic E-state index is 11.6. The summed E-state index contributed by atoms with van der Waals surface area (Å²) in [5.41, 5.74) is 5.54. The van der Waals surface area contributed by atoms with Gasteiger partial charge in [0, 0.05) is 6.20 Å². The van der Waals surface area contributed by atoms with Gasteiger partial charge in [-0.3, -0.25) is 4.79 Å². The van der Waals surface area contributed by atoms with Gasteiger partial charge in [0.25, 0.3) is 5.56 Å². The highest BCUT2D eigenvalue weighted by Gasteiger charge is 2.03. The molecule has 0 aliphatic heterocycles. The van der Waals surface area contributed by atoms with Crippen molar-refractivity contribution < 1.29 is 4.42 Å². The summed E-state index contributed by atoms with van der Waals surface area (Å²) in [6.07, 6.45) is 1.68. The van der Waals surface area contributed by atoms with E-state index in [4.69, 9.17) is 10.2 Å². The van der Waals surface area contributed by atoms with Gasteiger partial charge in [0.2, 0.25) is 0 Å². The first kappa shape index (κ1) is 10.0. The second-order valence-corrected chi connectivity index (χ2v) is 3.88. The monoisotopic (exact) mass is 268 g/mol. The van der Waals surface area contributed by atoms with Crippen molar-refractivity contribution in [2.24, 2.45) is 0 Å². The van der Waals surface area contributed by atoms with Gasteiger partial charge in [0.05, 0.1) is 12.2 Å². The number of nitrogens with two attached hydrogens (primary N) is 1. The summed E-state index contributed by atoms with van der Waals surface area (Å²) in [6.45, 7) is 0.384. The molecule has 5 heteroatoms. The van der Waals surface area contributed by atoms with Crippen molar-refractivity contribution in [2.75, 3.05) is 5.73 Å². The van der Waals surface area contributed by atoms with Crippen LogP contribution in [0.1, 0.15) is 5.76 Å². The van der Waals surface area contributed by atoms with Crippen LogP contribution in [0.15, 0.2) is 44.3 Å². The summed E-state index contributed by atoms with van der Waals surface area (Å²) in [6, 6.07) is 6.90. The van der Waals surface area contributed by atoms with Gasteiger partial charge in [-0.05, 0) is 40.2 Å². The first-order valence-electron chi connectivity index (χ1n) is 4.36. The Hall–Kier alpha value is -1.49. The van der Waals surface area contributed by atoms with Crippen LogP contribution in [0.2, 0.25) is 0 Å². The maximum Gasteiger partial charge on any atom is 0.274 e. The maximum absolute atomic E-state index is 11.6. The topological polar surface area (TPSA) is 61.2 Å². The number of hydrogen-bond acceptors (Lipinski definition) is 3. The van der Waals surface area contributed by atoms with E-state index in [1.54, 1.807) is 30.5 Å². The molecular weight excluding hydrogens is 260 g/mol. The molecule has 0 bridgehead atoms. The highest BCUT2D eigenvalue weighted by Crippen LogP contribution is 2.14. The molecule has 2 aromatic rings. The smallest absolute Gasteiger partial charge is 0.274 e. The molecule has 0 amide bonds. The lowest BCUT2D eigenvalue weighted by Gasteiger charge is -2.03. The van der Waals surface area contributed by atoms with Gasteiger partial charge in [-0.25, -0.2) is 0 Å². The zero-order valence-electron chi connectivity index (χ0n) is 7.81. The Morgan fingerprint density at radius 1 is 1.40 bits per heavy atom. The van der Waals surface area contributed by atoms with Crippen LogP contribution in [0.4, 0.5) is 5.69 Å². The quantitative estimate of drug-likeness (QED) is 0.904. The van der Waals surface area contributed by atoms with Crippen molar-refractivity contribution >= 4 is 21.6 Å². The molecule has 0 fully saturated rings. The normalized spacial score (nSPS) is 10.5. The summed E-state index contributed by atoms with van der Waals surface area (Å²) < 4.78 is 7.45. The van der Waals surface area contributed by atoms with Crippen LogP contribution in [0.3, 0.4) is 0 Å². The van der Waals surface area contributed by atoms with E-state index >= 15 is 0 Å². The van der Waals surface area contributed by atoms with Crippen LogP contribution in [0, 0.1) is 0 Å². The van der Waals surface area contributed by atoms with Gasteiger partial charge in [0.1, 0.15) is 5.76 Å². The Morgan fingerprint density at radius 2 is 2.20 bits per heavy atom. The van der Waals surface area contributed by atoms with Gasteiger partial charge < -0.3 is 14.7 Å². The summed E-state index contributed by atoms with van der Waals surface area (Å²) >= 11 is 3.20. The van der Waals surface area contributed by atoms with Crippen molar-refractivity contribution in [3.05, 3.63) is 51.2 Å². The second kappa shape index (κ2) is 3.94. The first-order valence-corrected chi connectivity index (χ1v) is 5.15. The van der Waals surface area contributed by atoms with Gasteiger partial charge in [0.15, 0.2) is 4.67 Å². The van der Waals surface area contributed by atoms with Gasteiger partial charge in [-0.15, -0.1) is 0 Å². The molecule has 2 rings (SSSR count). The van der Waals surface area contributed by atoms with Crippen molar-refractivity contribution in [3.8, 4) is 0 Å². The first-order chi connectivity index (χ1) is 7.16. The molecule has 4 nitrogen and oxygen atoms in total. The van der Waals surface area contributed by atoms with Crippen LogP contribution >= 0.6 is 15.9 Å². The predicted octanol–water partition coefficient (Wildman–Crippen LogP) is 1.83. The fourth-order valence-electron chi connectivity index (χ4n) is 1.28. The zero-order valence-corrected chi connectivity index (χ0v) is 9.40. The highest BCUT2D eigenvalue weighted by atomic mass is 79.9. The Bertz CT molecular complexity index is 530. The molecular formula is C10H9BrN2O2. The molecule has 15 heavy (non-hydrogen) atoms. The minimum Gasteiger partial charge on any atom is -0.452 e. The second-order valence-electron chi connectivity index (χ2n) is 3.10. The lowest BCUT2D eigenvalue weighted by molar-refractivity contribution is 0.471. The van der Waals surface area contributed by atoms with E-state index in [-0.39, 0.29) is 11.2 Å². The number of anilines is 1. The molecule has 0 atom stereocenters. The molecule has 2 aromatic heterocycles. The van der Waals surface area contributed by atoms with Crippen LogP contribution in [0.5, 0.6) is 0 Å². The summed E-state index contributed by atoms with van der Waals surface area (Å²) in [4.78, 5) is 11.6. The summed E-state index contributed by atoms with van der Waals surface area (Å²) in [5.74, 6) is 0.703. The standard InChI is InChI=1S/C10H9BrN2O2/c11-9-4-3-7(15-9)6-13-5-1-2-8(12)10(13)14/h1-5H,6,12H2. The van der Waals surface area contributed by atoms with Crippen molar-refractivity contribution in [1.82, 2.24) is 4.57 Å². The van der Waals surface area contributed by atoms with E-state index in [0.717, 1.165) is 0 Å². The number of halogens is 1. The Kier molecular flexibility index (Phi) is 2.64. The molecule has 2 N–H and O–H groups in total. The minimum atomic E-state index is -0.204. The molecule has 0 radical (unpaired) electrons. The molecule has 0 aliphatic rings. The van der Waals surface area contributed by atoms with Crippen LogP contribution < -0.4 is 11.3 Å². The van der Waals surface area contributed by atoms with Crippen molar-refractivity contribution in [3.63, 3.8) is 0 Å². The van der Waals surface area contributed by atoms with E-state index in [9.17, 15) is 4.79 Å². The Labute approximate surface area is 94.4 Å². The molecule has 0 saturated heterocycles. The molecule has 78 valence electrons. The van der Waals surface area contributed by atoms with Crippen LogP contribution in [-0.2, 0) is 6.54 Å². The van der Waals surface area contributed by atoms with Crippen LogP contribution in [0.25, 0.3) is 0 Å². The number of aromatic nitrogens is 1. The van der Waals surface area contributed by atoms with E-state index < -0.39 is 0 Å². The van der Waals surface area contributed by atoms with Crippen molar-refractivity contribution in [1.29, 1.82) is 0 Å². The third kappa shape index (κ3) is 2.12. The summed E-state index contributed by atoms with van der Waals surface area (Å²) in [7, 11) is 0. The molecule has 0 aromatic carbocycles. The Morgan fingerprint density at radius 3 is 2.87 bits per heavy atom. The number of hydrogen-bond donors (Lipinski definition) is 1. The number of nitrogen functional groups attached to an aromatic ring is 1. The number of rotatable bonds is 2. The van der Waals surface area contributed by atoms with Gasteiger partial charge >= 0.3 is 0 Å². The average Bonchev–Trinajstić information content (AvgIpc) is 2.59. The summed E-state index contributed by atoms with van der Waals surface area (Å²) in [5, 5.41) is 0. The zero-order chi connectivity index (χ0) is 10.8. The van der Waals surface area contributed by atoms with E-state index in [2.05, 4.69) is 15.9 Å². The van der Waals surface area contributed by atoms with E-state index in [1.165, 1.54) is 4.57 Å². The SMILES string of the molecule is Nc1cccn(Cc2ccc(Br)o2)c1=O. The largest absolute Gasteiger partial charge is 0.452 e. The fourth-order valence-corrected chi connectivity index (χ4v) is 1.62. The minimum absolute atomic E-state index is 0.204. The van der Waals surface area contributed by atoms with Crippen molar-refractivity contribution in [2.45, 2.75) is 6.54 Å². The van der Waals surface area contributed by atoms with Gasteiger partial charge in [-0.2, -0.15) is 0 Å². The highest BCUT2D eigenvalue weighted by molar-refractivity contribution is 9.10. The fraction of sp³-hybridized carbons (Fsp3) is 0.100. The molecule has 0 spiro atoms. The van der Waals surface area contributed by atoms with E-state index in [1.807, 2.05) is 0 Å². The van der Waals surface area contributed by atoms with Crippen LogP contribution in [-0.4, -0.2) is 4.57 Å². The third-order valence-electron chi connectivity index (χ3n) is 2.00. The third-order valence-corrected chi connectivity index (χ3v) is 2.43. The number of furan rings is 1. The lowest BCUT2D eigenvalue weighted by atomic mass is 10.4. The van der Waals surface area contributed by atoms with E-state index in [0.29, 0.717) is 17.0 Å². The average molecular weight is 269 g/mol. The molecule has 0 aliphatic carbocycles. The Balaban J connectivity index is 2.32.